The first-order valence-electron chi connectivity index (χ1n) is 10.0. The molecule has 0 aliphatic carbocycles. The lowest BCUT2D eigenvalue weighted by atomic mass is 9.95. The van der Waals surface area contributed by atoms with E-state index in [0.717, 1.165) is 31.5 Å². The van der Waals surface area contributed by atoms with Crippen LogP contribution in [0.2, 0.25) is 0 Å². The largest absolute Gasteiger partial charge is 0.427 e. The van der Waals surface area contributed by atoms with Crippen LogP contribution in [0.15, 0.2) is 39.5 Å². The zero-order valence-electron chi connectivity index (χ0n) is 17.8. The molecule has 9 heteroatoms. The van der Waals surface area contributed by atoms with E-state index in [1.54, 1.807) is 13.0 Å². The van der Waals surface area contributed by atoms with Gasteiger partial charge in [0, 0.05) is 31.2 Å². The molecule has 1 aliphatic rings. The van der Waals surface area contributed by atoms with Crippen molar-refractivity contribution in [2.45, 2.75) is 32.2 Å². The summed E-state index contributed by atoms with van der Waals surface area (Å²) in [6.45, 7) is 4.84. The normalized spacial score (nSPS) is 15.7. The van der Waals surface area contributed by atoms with Crippen molar-refractivity contribution in [1.82, 2.24) is 10.2 Å². The highest BCUT2D eigenvalue weighted by Gasteiger charge is 2.22. The van der Waals surface area contributed by atoms with Crippen molar-refractivity contribution >= 4 is 36.4 Å². The molecule has 1 atom stereocenters. The Bertz CT molecular complexity index is 914. The Hall–Kier alpha value is -1.90. The summed E-state index contributed by atoms with van der Waals surface area (Å²) in [6.07, 6.45) is 2.01. The number of hydrogen-bond acceptors (Lipinski definition) is 6. The van der Waals surface area contributed by atoms with Gasteiger partial charge in [-0.2, -0.15) is 0 Å². The molecular formula is C22H31Cl2N3O4. The van der Waals surface area contributed by atoms with Gasteiger partial charge < -0.3 is 20.2 Å². The molecule has 0 bridgehead atoms. The molecule has 3 N–H and O–H groups in total. The fraction of sp³-hybridized carbons (Fsp3) is 0.455. The number of aliphatic hydroxyl groups is 1. The van der Waals surface area contributed by atoms with E-state index in [2.05, 4.69) is 10.6 Å². The number of carbonyl (C=O) groups excluding carboxylic acids is 1. The Kier molecular flexibility index (Phi) is 11.2. The first-order valence-corrected chi connectivity index (χ1v) is 10.0. The molecule has 2 heterocycles. The van der Waals surface area contributed by atoms with Crippen molar-refractivity contribution in [2.75, 3.05) is 38.6 Å². The minimum absolute atomic E-state index is 0. The molecule has 2 aromatic rings. The molecule has 1 saturated heterocycles. The molecule has 1 aliphatic heterocycles. The molecule has 31 heavy (non-hydrogen) atoms. The van der Waals surface area contributed by atoms with Crippen molar-refractivity contribution in [1.29, 1.82) is 0 Å². The van der Waals surface area contributed by atoms with Crippen molar-refractivity contribution in [3.05, 3.63) is 63.2 Å². The van der Waals surface area contributed by atoms with Gasteiger partial charge in [0.25, 0.3) is 5.91 Å². The topological polar surface area (TPSA) is 94.8 Å². The quantitative estimate of drug-likeness (QED) is 0.574. The van der Waals surface area contributed by atoms with Gasteiger partial charge >= 0.3 is 5.63 Å². The Morgan fingerprint density at radius 3 is 2.74 bits per heavy atom. The average Bonchev–Trinajstić information content (AvgIpc) is 2.68. The van der Waals surface area contributed by atoms with Crippen LogP contribution in [0, 0.1) is 6.92 Å². The molecule has 3 rings (SSSR count). The van der Waals surface area contributed by atoms with Crippen LogP contribution in [0.3, 0.4) is 0 Å². The molecule has 0 spiro atoms. The fourth-order valence-corrected chi connectivity index (χ4v) is 3.70. The third-order valence-electron chi connectivity index (χ3n) is 5.21. The smallest absolute Gasteiger partial charge is 0.349 e. The fourth-order valence-electron chi connectivity index (χ4n) is 3.70. The number of halogens is 2. The highest BCUT2D eigenvalue weighted by molar-refractivity contribution is 6.04. The summed E-state index contributed by atoms with van der Waals surface area (Å²) in [4.78, 5) is 27.3. The van der Waals surface area contributed by atoms with E-state index in [9.17, 15) is 9.59 Å². The number of nitrogens with one attached hydrogen (secondary N) is 2. The van der Waals surface area contributed by atoms with Gasteiger partial charge in [0.15, 0.2) is 0 Å². The van der Waals surface area contributed by atoms with E-state index in [-0.39, 0.29) is 42.9 Å². The van der Waals surface area contributed by atoms with Crippen LogP contribution in [-0.2, 0) is 6.54 Å². The summed E-state index contributed by atoms with van der Waals surface area (Å²) in [5.41, 5.74) is 1.69. The summed E-state index contributed by atoms with van der Waals surface area (Å²) >= 11 is 0. The maximum Gasteiger partial charge on any atom is 0.349 e. The second kappa shape index (κ2) is 12.8. The maximum atomic E-state index is 12.8. The summed E-state index contributed by atoms with van der Waals surface area (Å²) in [5.74, 6) is 0.343. The van der Waals surface area contributed by atoms with E-state index >= 15 is 0 Å². The molecule has 1 aromatic heterocycles. The molecule has 1 unspecified atom stereocenters. The second-order valence-corrected chi connectivity index (χ2v) is 7.65. The van der Waals surface area contributed by atoms with Gasteiger partial charge in [-0.25, -0.2) is 4.79 Å². The van der Waals surface area contributed by atoms with E-state index in [0.29, 0.717) is 30.1 Å². The van der Waals surface area contributed by atoms with E-state index in [4.69, 9.17) is 9.52 Å². The zero-order valence-corrected chi connectivity index (χ0v) is 19.5. The highest BCUT2D eigenvalue weighted by atomic mass is 35.5. The van der Waals surface area contributed by atoms with Gasteiger partial charge in [-0.3, -0.25) is 9.69 Å². The number of rotatable bonds is 7. The molecule has 0 saturated carbocycles. The first kappa shape index (κ1) is 27.1. The first-order chi connectivity index (χ1) is 14.0. The van der Waals surface area contributed by atoms with Crippen LogP contribution < -0.4 is 16.3 Å². The molecule has 7 nitrogen and oxygen atoms in total. The van der Waals surface area contributed by atoms with Crippen LogP contribution in [0.25, 0.3) is 0 Å². The van der Waals surface area contributed by atoms with E-state index < -0.39 is 11.5 Å². The lowest BCUT2D eigenvalue weighted by molar-refractivity contribution is 0.102. The molecular weight excluding hydrogens is 441 g/mol. The second-order valence-electron chi connectivity index (χ2n) is 7.65. The minimum Gasteiger partial charge on any atom is -0.427 e. The Morgan fingerprint density at radius 2 is 2.10 bits per heavy atom. The number of anilines is 1. The standard InChI is InChI=1S/C22H29N3O4.2ClH/c1-15-11-19(17-6-4-8-23-13-17)29-22(28)20(15)21(27)24-18-7-3-5-16(12-18)14-25(2)9-10-26;;/h3,5,7,11-12,17,23,26H,4,6,8-10,13-14H2,1-2H3,(H,24,27);2*1H. The van der Waals surface area contributed by atoms with Gasteiger partial charge in [-0.1, -0.05) is 12.1 Å². The number of hydrogen-bond donors (Lipinski definition) is 3. The van der Waals surface area contributed by atoms with Gasteiger partial charge in [0.05, 0.1) is 6.61 Å². The molecule has 0 radical (unpaired) electrons. The summed E-state index contributed by atoms with van der Waals surface area (Å²) < 4.78 is 5.50. The van der Waals surface area contributed by atoms with Crippen molar-refractivity contribution < 1.29 is 14.3 Å². The number of nitrogens with zero attached hydrogens (tertiary/aromatic N) is 1. The summed E-state index contributed by atoms with van der Waals surface area (Å²) in [5, 5.41) is 15.1. The van der Waals surface area contributed by atoms with Gasteiger partial charge in [0.1, 0.15) is 11.3 Å². The summed E-state index contributed by atoms with van der Waals surface area (Å²) in [7, 11) is 1.92. The van der Waals surface area contributed by atoms with Crippen molar-refractivity contribution in [3.8, 4) is 0 Å². The highest BCUT2D eigenvalue weighted by Crippen LogP contribution is 2.24. The zero-order chi connectivity index (χ0) is 20.8. The number of carbonyl (C=O) groups is 1. The monoisotopic (exact) mass is 471 g/mol. The van der Waals surface area contributed by atoms with Crippen molar-refractivity contribution in [3.63, 3.8) is 0 Å². The third-order valence-corrected chi connectivity index (χ3v) is 5.21. The van der Waals surface area contributed by atoms with Crippen LogP contribution >= 0.6 is 24.8 Å². The number of amides is 1. The number of aliphatic hydroxyl groups excluding tert-OH is 1. The Balaban J connectivity index is 0.00000240. The van der Waals surface area contributed by atoms with Crippen LogP contribution in [0.5, 0.6) is 0 Å². The van der Waals surface area contributed by atoms with Crippen LogP contribution in [0.1, 0.15) is 46.0 Å². The SMILES string of the molecule is Cc1cc(C2CCCNC2)oc(=O)c1C(=O)Nc1cccc(CN(C)CCO)c1.Cl.Cl. The third kappa shape index (κ3) is 7.33. The molecule has 1 amide bonds. The molecule has 172 valence electrons. The van der Waals surface area contributed by atoms with Crippen LogP contribution in [0.4, 0.5) is 5.69 Å². The van der Waals surface area contributed by atoms with Crippen molar-refractivity contribution in [2.24, 2.45) is 0 Å². The number of benzene rings is 1. The van der Waals surface area contributed by atoms with Gasteiger partial charge in [-0.15, -0.1) is 24.8 Å². The predicted molar refractivity (Wildman–Crippen MR) is 127 cm³/mol. The number of piperidine rings is 1. The minimum atomic E-state index is -0.595. The van der Waals surface area contributed by atoms with Crippen LogP contribution in [-0.4, -0.2) is 49.2 Å². The lowest BCUT2D eigenvalue weighted by Crippen LogP contribution is -2.30. The van der Waals surface area contributed by atoms with E-state index in [1.807, 2.05) is 36.2 Å². The number of likely N-dealkylation sites (N-methyl/N-ethyl adjacent to an activating group) is 1. The molecule has 1 fully saturated rings. The van der Waals surface area contributed by atoms with E-state index in [1.165, 1.54) is 0 Å². The predicted octanol–water partition coefficient (Wildman–Crippen LogP) is 2.94. The Morgan fingerprint density at radius 1 is 1.32 bits per heavy atom. The van der Waals surface area contributed by atoms with Gasteiger partial charge in [-0.05, 0) is 62.7 Å². The Labute approximate surface area is 195 Å². The number of aryl methyl sites for hydroxylation is 1. The maximum absolute atomic E-state index is 12.8. The average molecular weight is 472 g/mol. The molecule has 1 aromatic carbocycles. The van der Waals surface area contributed by atoms with Gasteiger partial charge in [0.2, 0.25) is 0 Å². The summed E-state index contributed by atoms with van der Waals surface area (Å²) in [6, 6.07) is 9.27. The lowest BCUT2D eigenvalue weighted by Gasteiger charge is -2.22.